The van der Waals surface area contributed by atoms with Crippen molar-refractivity contribution in [3.05, 3.63) is 27.4 Å². The van der Waals surface area contributed by atoms with E-state index in [1.807, 2.05) is 4.90 Å². The third-order valence-corrected chi connectivity index (χ3v) is 7.97. The minimum Gasteiger partial charge on any atom is -0.381 e. The van der Waals surface area contributed by atoms with Gasteiger partial charge >= 0.3 is 0 Å². The first kappa shape index (κ1) is 21.5. The zero-order valence-electron chi connectivity index (χ0n) is 17.6. The van der Waals surface area contributed by atoms with Crippen molar-refractivity contribution in [1.29, 1.82) is 0 Å². The molecule has 10 heteroatoms. The molecule has 1 saturated heterocycles. The normalized spacial score (nSPS) is 27.8. The highest BCUT2D eigenvalue weighted by atomic mass is 32.2. The second-order valence-corrected chi connectivity index (χ2v) is 10.7. The molecule has 0 bridgehead atoms. The summed E-state index contributed by atoms with van der Waals surface area (Å²) >= 11 is 0. The van der Waals surface area contributed by atoms with Gasteiger partial charge in [-0.1, -0.05) is 6.42 Å². The number of amides is 1. The van der Waals surface area contributed by atoms with Gasteiger partial charge in [0.15, 0.2) is 0 Å². The summed E-state index contributed by atoms with van der Waals surface area (Å²) in [7, 11) is -1.63. The SMILES string of the molecule is CO[C@@H]1CCC[C@@H](C(=O)N2CC[C@@H](c3nc4c(c(=O)[nH]3)CCN(S(C)(=O)=O)C4)C2)C1. The molecule has 3 heterocycles. The van der Waals surface area contributed by atoms with Crippen LogP contribution >= 0.6 is 0 Å². The number of ether oxygens (including phenoxy) is 1. The molecule has 0 unspecified atom stereocenters. The van der Waals surface area contributed by atoms with Gasteiger partial charge in [0.1, 0.15) is 5.82 Å². The second-order valence-electron chi connectivity index (χ2n) is 8.71. The van der Waals surface area contributed by atoms with Crippen LogP contribution in [0.3, 0.4) is 0 Å². The second kappa shape index (κ2) is 8.39. The fraction of sp³-hybridized carbons (Fsp3) is 0.750. The van der Waals surface area contributed by atoms with Gasteiger partial charge in [0.05, 0.1) is 24.6 Å². The van der Waals surface area contributed by atoms with Crippen LogP contribution in [0.4, 0.5) is 0 Å². The van der Waals surface area contributed by atoms with Gasteiger partial charge in [-0.15, -0.1) is 0 Å². The van der Waals surface area contributed by atoms with Gasteiger partial charge in [-0.2, -0.15) is 4.31 Å². The zero-order chi connectivity index (χ0) is 21.5. The zero-order valence-corrected chi connectivity index (χ0v) is 18.4. The van der Waals surface area contributed by atoms with Gasteiger partial charge < -0.3 is 14.6 Å². The van der Waals surface area contributed by atoms with Crippen molar-refractivity contribution in [2.24, 2.45) is 5.92 Å². The number of nitrogens with zero attached hydrogens (tertiary/aromatic N) is 3. The number of nitrogens with one attached hydrogen (secondary N) is 1. The smallest absolute Gasteiger partial charge is 0.254 e. The Hall–Kier alpha value is -1.78. The molecule has 0 spiro atoms. The summed E-state index contributed by atoms with van der Waals surface area (Å²) in [5.41, 5.74) is 0.908. The van der Waals surface area contributed by atoms with E-state index < -0.39 is 10.0 Å². The van der Waals surface area contributed by atoms with Crippen molar-refractivity contribution in [3.63, 3.8) is 0 Å². The number of methoxy groups -OCH3 is 1. The summed E-state index contributed by atoms with van der Waals surface area (Å²) in [4.78, 5) is 35.0. The molecule has 4 rings (SSSR count). The van der Waals surface area contributed by atoms with Crippen LogP contribution in [-0.4, -0.2) is 72.6 Å². The van der Waals surface area contributed by atoms with Crippen LogP contribution in [0.25, 0.3) is 0 Å². The number of carbonyl (C=O) groups excluding carboxylic acids is 1. The highest BCUT2D eigenvalue weighted by Gasteiger charge is 2.36. The maximum absolute atomic E-state index is 13.0. The molecular formula is C20H30N4O5S. The topological polar surface area (TPSA) is 113 Å². The first-order chi connectivity index (χ1) is 14.3. The molecule has 9 nitrogen and oxygen atoms in total. The summed E-state index contributed by atoms with van der Waals surface area (Å²) in [6.07, 6.45) is 6.11. The average Bonchev–Trinajstić information content (AvgIpc) is 3.22. The summed E-state index contributed by atoms with van der Waals surface area (Å²) in [5, 5.41) is 0. The number of fused-ring (bicyclic) bond motifs is 1. The number of aromatic amines is 1. The summed E-state index contributed by atoms with van der Waals surface area (Å²) < 4.78 is 30.6. The maximum Gasteiger partial charge on any atom is 0.254 e. The number of hydrogen-bond donors (Lipinski definition) is 1. The quantitative estimate of drug-likeness (QED) is 0.737. The minimum absolute atomic E-state index is 0.00121. The van der Waals surface area contributed by atoms with Crippen LogP contribution in [0, 0.1) is 5.92 Å². The highest BCUT2D eigenvalue weighted by molar-refractivity contribution is 7.88. The van der Waals surface area contributed by atoms with Crippen molar-refractivity contribution in [2.45, 2.75) is 57.1 Å². The monoisotopic (exact) mass is 438 g/mol. The molecule has 3 aliphatic rings. The number of aromatic nitrogens is 2. The van der Waals surface area contributed by atoms with E-state index in [4.69, 9.17) is 4.74 Å². The van der Waals surface area contributed by atoms with E-state index in [-0.39, 0.29) is 36.0 Å². The van der Waals surface area contributed by atoms with Crippen molar-refractivity contribution in [2.75, 3.05) is 33.0 Å². The molecule has 166 valence electrons. The molecule has 1 aliphatic carbocycles. The Balaban J connectivity index is 1.47. The van der Waals surface area contributed by atoms with Gasteiger partial charge in [-0.05, 0) is 32.1 Å². The molecular weight excluding hydrogens is 408 g/mol. The average molecular weight is 439 g/mol. The van der Waals surface area contributed by atoms with Crippen LogP contribution in [0.15, 0.2) is 4.79 Å². The van der Waals surface area contributed by atoms with E-state index in [1.165, 1.54) is 10.6 Å². The molecule has 2 aliphatic heterocycles. The summed E-state index contributed by atoms with van der Waals surface area (Å²) in [6, 6.07) is 0. The third-order valence-electron chi connectivity index (χ3n) is 6.72. The molecule has 1 aromatic heterocycles. The van der Waals surface area contributed by atoms with E-state index in [0.717, 1.165) is 32.1 Å². The molecule has 0 radical (unpaired) electrons. The Morgan fingerprint density at radius 3 is 2.77 bits per heavy atom. The Bertz CT molecular complexity index is 976. The standard InChI is InChI=1S/C20H30N4O5S/c1-29-15-5-3-4-13(10-15)20(26)23-8-6-14(11-23)18-21-17-12-24(30(2,27)28)9-7-16(17)19(25)22-18/h13-15H,3-12H2,1-2H3,(H,21,22,25)/t13-,14-,15-/m1/s1. The Morgan fingerprint density at radius 2 is 2.03 bits per heavy atom. The fourth-order valence-electron chi connectivity index (χ4n) is 4.94. The molecule has 30 heavy (non-hydrogen) atoms. The first-order valence-corrected chi connectivity index (χ1v) is 12.5. The predicted octanol–water partition coefficient (Wildman–Crippen LogP) is 0.609. The Morgan fingerprint density at radius 1 is 1.23 bits per heavy atom. The molecule has 1 amide bonds. The van der Waals surface area contributed by atoms with Gasteiger partial charge in [-0.25, -0.2) is 13.4 Å². The van der Waals surface area contributed by atoms with E-state index in [2.05, 4.69) is 9.97 Å². The van der Waals surface area contributed by atoms with Crippen LogP contribution in [0.5, 0.6) is 0 Å². The fourth-order valence-corrected chi connectivity index (χ4v) is 5.72. The third kappa shape index (κ3) is 4.31. The predicted molar refractivity (Wildman–Crippen MR) is 111 cm³/mol. The summed E-state index contributed by atoms with van der Waals surface area (Å²) in [6.45, 7) is 1.60. The molecule has 0 aromatic carbocycles. The Labute approximate surface area is 176 Å². The lowest BCUT2D eigenvalue weighted by Gasteiger charge is -2.30. The van der Waals surface area contributed by atoms with Gasteiger partial charge in [0, 0.05) is 44.1 Å². The first-order valence-electron chi connectivity index (χ1n) is 10.6. The van der Waals surface area contributed by atoms with Gasteiger partial charge in [0.25, 0.3) is 5.56 Å². The van der Waals surface area contributed by atoms with E-state index in [9.17, 15) is 18.0 Å². The number of sulfonamides is 1. The maximum atomic E-state index is 13.0. The van der Waals surface area contributed by atoms with E-state index in [1.54, 1.807) is 7.11 Å². The van der Waals surface area contributed by atoms with Gasteiger partial charge in [0.2, 0.25) is 15.9 Å². The Kier molecular flexibility index (Phi) is 6.00. The minimum atomic E-state index is -3.33. The number of likely N-dealkylation sites (tertiary alicyclic amines) is 1. The number of carbonyl (C=O) groups is 1. The number of H-pyrrole nitrogens is 1. The number of rotatable bonds is 4. The van der Waals surface area contributed by atoms with Crippen molar-refractivity contribution < 1.29 is 17.9 Å². The van der Waals surface area contributed by atoms with Crippen molar-refractivity contribution in [1.82, 2.24) is 19.2 Å². The molecule has 1 saturated carbocycles. The molecule has 3 atom stereocenters. The van der Waals surface area contributed by atoms with Gasteiger partial charge in [-0.3, -0.25) is 9.59 Å². The van der Waals surface area contributed by atoms with Crippen LogP contribution in [0.2, 0.25) is 0 Å². The van der Waals surface area contributed by atoms with E-state index >= 15 is 0 Å². The lowest BCUT2D eigenvalue weighted by Crippen LogP contribution is -2.39. The van der Waals surface area contributed by atoms with Crippen LogP contribution in [0.1, 0.15) is 55.1 Å². The molecule has 1 N–H and O–H groups in total. The summed E-state index contributed by atoms with van der Waals surface area (Å²) in [5.74, 6) is 0.689. The van der Waals surface area contributed by atoms with Crippen LogP contribution in [-0.2, 0) is 32.5 Å². The van der Waals surface area contributed by atoms with Crippen LogP contribution < -0.4 is 5.56 Å². The molecule has 1 aromatic rings. The lowest BCUT2D eigenvalue weighted by atomic mass is 9.86. The van der Waals surface area contributed by atoms with Crippen molar-refractivity contribution >= 4 is 15.9 Å². The highest BCUT2D eigenvalue weighted by Crippen LogP contribution is 2.31. The largest absolute Gasteiger partial charge is 0.381 e. The van der Waals surface area contributed by atoms with Crippen molar-refractivity contribution in [3.8, 4) is 0 Å². The molecule has 2 fully saturated rings. The lowest BCUT2D eigenvalue weighted by molar-refractivity contribution is -0.137. The number of hydrogen-bond acceptors (Lipinski definition) is 6. The van der Waals surface area contributed by atoms with E-state index in [0.29, 0.717) is 43.1 Å².